The maximum absolute atomic E-state index is 12.5. The first-order valence-electron chi connectivity index (χ1n) is 7.68. The summed E-state index contributed by atoms with van der Waals surface area (Å²) < 4.78 is 2.15. The van der Waals surface area contributed by atoms with E-state index >= 15 is 0 Å². The first kappa shape index (κ1) is 18.3. The number of anilines is 1. The number of amides is 2. The van der Waals surface area contributed by atoms with E-state index in [-0.39, 0.29) is 27.3 Å². The van der Waals surface area contributed by atoms with Crippen molar-refractivity contribution >= 4 is 40.1 Å². The van der Waals surface area contributed by atoms with Crippen LogP contribution in [0.2, 0.25) is 5.02 Å². The molecule has 0 unspecified atom stereocenters. The highest BCUT2D eigenvalue weighted by Crippen LogP contribution is 2.21. The Morgan fingerprint density at radius 2 is 1.81 bits per heavy atom. The number of fused-ring (bicyclic) bond motifs is 1. The number of rotatable bonds is 3. The summed E-state index contributed by atoms with van der Waals surface area (Å²) in [6.45, 7) is 0. The second kappa shape index (κ2) is 6.69. The highest BCUT2D eigenvalue weighted by Gasteiger charge is 2.15. The summed E-state index contributed by atoms with van der Waals surface area (Å²) in [4.78, 5) is 52.0. The molecule has 9 nitrogen and oxygen atoms in total. The van der Waals surface area contributed by atoms with Gasteiger partial charge in [0.2, 0.25) is 5.91 Å². The number of nitrogens with two attached hydrogens (primary N) is 1. The largest absolute Gasteiger partial charge is 0.366 e. The lowest BCUT2D eigenvalue weighted by Crippen LogP contribution is -2.37. The van der Waals surface area contributed by atoms with E-state index in [1.54, 1.807) is 0 Å². The third-order valence-electron chi connectivity index (χ3n) is 4.03. The van der Waals surface area contributed by atoms with Crippen molar-refractivity contribution < 1.29 is 9.59 Å². The summed E-state index contributed by atoms with van der Waals surface area (Å²) in [7, 11) is 2.82. The molecule has 0 bridgehead atoms. The first-order valence-corrected chi connectivity index (χ1v) is 8.06. The molecule has 0 aliphatic rings. The van der Waals surface area contributed by atoms with Crippen molar-refractivity contribution in [2.45, 2.75) is 0 Å². The third kappa shape index (κ3) is 3.20. The van der Waals surface area contributed by atoms with E-state index < -0.39 is 23.1 Å². The molecular weight excluding hydrogens is 374 g/mol. The molecule has 0 saturated heterocycles. The van der Waals surface area contributed by atoms with Gasteiger partial charge in [0.15, 0.2) is 0 Å². The zero-order valence-electron chi connectivity index (χ0n) is 14.3. The fourth-order valence-electron chi connectivity index (χ4n) is 2.57. The van der Waals surface area contributed by atoms with Crippen LogP contribution in [-0.2, 0) is 14.1 Å². The normalized spacial score (nSPS) is 10.8. The lowest BCUT2D eigenvalue weighted by molar-refractivity contribution is 0.0998. The van der Waals surface area contributed by atoms with Crippen molar-refractivity contribution in [2.24, 2.45) is 19.8 Å². The van der Waals surface area contributed by atoms with E-state index in [2.05, 4.69) is 10.3 Å². The molecule has 2 aromatic heterocycles. The molecule has 1 aromatic carbocycles. The zero-order valence-corrected chi connectivity index (χ0v) is 15.1. The average molecular weight is 388 g/mol. The standard InChI is InChI=1S/C17H14ClN5O4/c1-22-14-10(16(26)23(2)17(22)27)5-6-12(21-14)15(25)20-8-3-4-9(13(19)24)11(18)7-8/h3-7H,1-2H3,(H2,19,24)(H,20,25). The van der Waals surface area contributed by atoms with Gasteiger partial charge in [-0.3, -0.25) is 23.5 Å². The van der Waals surface area contributed by atoms with Gasteiger partial charge in [-0.15, -0.1) is 0 Å². The summed E-state index contributed by atoms with van der Waals surface area (Å²) >= 11 is 5.96. The molecule has 0 saturated carbocycles. The Hall–Kier alpha value is -3.46. The van der Waals surface area contributed by atoms with Crippen LogP contribution in [0.1, 0.15) is 20.8 Å². The van der Waals surface area contributed by atoms with Crippen molar-refractivity contribution in [3.05, 3.63) is 67.4 Å². The van der Waals surface area contributed by atoms with E-state index in [1.165, 1.54) is 49.0 Å². The monoisotopic (exact) mass is 387 g/mol. The topological polar surface area (TPSA) is 129 Å². The number of aromatic nitrogens is 3. The van der Waals surface area contributed by atoms with Crippen LogP contribution in [0.4, 0.5) is 5.69 Å². The number of aryl methyl sites for hydroxylation is 1. The van der Waals surface area contributed by atoms with Gasteiger partial charge in [0.1, 0.15) is 11.3 Å². The van der Waals surface area contributed by atoms with Crippen molar-refractivity contribution in [3.8, 4) is 0 Å². The molecule has 138 valence electrons. The highest BCUT2D eigenvalue weighted by molar-refractivity contribution is 6.34. The Balaban J connectivity index is 1.99. The third-order valence-corrected chi connectivity index (χ3v) is 4.34. The second-order valence-corrected chi connectivity index (χ2v) is 6.19. The lowest BCUT2D eigenvalue weighted by atomic mass is 10.2. The molecule has 0 fully saturated rings. The van der Waals surface area contributed by atoms with Crippen molar-refractivity contribution in [1.29, 1.82) is 0 Å². The van der Waals surface area contributed by atoms with E-state index in [4.69, 9.17) is 17.3 Å². The van der Waals surface area contributed by atoms with Crippen LogP contribution in [0.25, 0.3) is 11.0 Å². The van der Waals surface area contributed by atoms with Crippen LogP contribution < -0.4 is 22.3 Å². The molecular formula is C17H14ClN5O4. The molecule has 27 heavy (non-hydrogen) atoms. The summed E-state index contributed by atoms with van der Waals surface area (Å²) in [5, 5.41) is 2.89. The molecule has 0 aliphatic carbocycles. The summed E-state index contributed by atoms with van der Waals surface area (Å²) in [5.41, 5.74) is 4.69. The van der Waals surface area contributed by atoms with Crippen LogP contribution in [0, 0.1) is 0 Å². The smallest absolute Gasteiger partial charge is 0.332 e. The fraction of sp³-hybridized carbons (Fsp3) is 0.118. The highest BCUT2D eigenvalue weighted by atomic mass is 35.5. The Labute approximate surface area is 157 Å². The molecule has 10 heteroatoms. The van der Waals surface area contributed by atoms with E-state index in [0.29, 0.717) is 5.69 Å². The van der Waals surface area contributed by atoms with Gasteiger partial charge in [-0.05, 0) is 30.3 Å². The lowest BCUT2D eigenvalue weighted by Gasteiger charge is -2.09. The predicted molar refractivity (Wildman–Crippen MR) is 100 cm³/mol. The van der Waals surface area contributed by atoms with Gasteiger partial charge in [0.05, 0.1) is 16.0 Å². The fourth-order valence-corrected chi connectivity index (χ4v) is 2.84. The Morgan fingerprint density at radius 3 is 2.44 bits per heavy atom. The summed E-state index contributed by atoms with van der Waals surface area (Å²) in [6.07, 6.45) is 0. The predicted octanol–water partition coefficient (Wildman–Crippen LogP) is 0.637. The van der Waals surface area contributed by atoms with Gasteiger partial charge >= 0.3 is 5.69 Å². The van der Waals surface area contributed by atoms with Crippen LogP contribution in [0.15, 0.2) is 39.9 Å². The number of nitrogens with one attached hydrogen (secondary N) is 1. The van der Waals surface area contributed by atoms with Crippen LogP contribution in [0.3, 0.4) is 0 Å². The molecule has 3 aromatic rings. The number of hydrogen-bond acceptors (Lipinski definition) is 5. The number of carbonyl (C=O) groups excluding carboxylic acids is 2. The quantitative estimate of drug-likeness (QED) is 0.681. The van der Waals surface area contributed by atoms with E-state index in [1.807, 2.05) is 0 Å². The molecule has 0 radical (unpaired) electrons. The average Bonchev–Trinajstić information content (AvgIpc) is 2.63. The van der Waals surface area contributed by atoms with Crippen LogP contribution >= 0.6 is 11.6 Å². The van der Waals surface area contributed by atoms with Gasteiger partial charge in [0.25, 0.3) is 11.5 Å². The van der Waals surface area contributed by atoms with Crippen molar-refractivity contribution in [1.82, 2.24) is 14.1 Å². The minimum atomic E-state index is -0.684. The number of primary amides is 1. The molecule has 0 aliphatic heterocycles. The summed E-state index contributed by atoms with van der Waals surface area (Å²) in [6, 6.07) is 7.05. The van der Waals surface area contributed by atoms with Gasteiger partial charge in [-0.2, -0.15) is 0 Å². The maximum atomic E-state index is 12.5. The summed E-state index contributed by atoms with van der Waals surface area (Å²) in [5.74, 6) is -1.26. The Bertz CT molecular complexity index is 1230. The first-order chi connectivity index (χ1) is 12.7. The SMILES string of the molecule is Cn1c(=O)c2ccc(C(=O)Nc3ccc(C(N)=O)c(Cl)c3)nc2n(C)c1=O. The minimum absolute atomic E-state index is 0.000790. The number of pyridine rings is 1. The number of carbonyl (C=O) groups is 2. The second-order valence-electron chi connectivity index (χ2n) is 5.79. The minimum Gasteiger partial charge on any atom is -0.366 e. The Morgan fingerprint density at radius 1 is 1.11 bits per heavy atom. The van der Waals surface area contributed by atoms with Gasteiger partial charge in [-0.1, -0.05) is 11.6 Å². The van der Waals surface area contributed by atoms with E-state index in [9.17, 15) is 19.2 Å². The molecule has 2 heterocycles. The van der Waals surface area contributed by atoms with Crippen LogP contribution in [0.5, 0.6) is 0 Å². The zero-order chi connectivity index (χ0) is 19.9. The van der Waals surface area contributed by atoms with Gasteiger partial charge < -0.3 is 11.1 Å². The van der Waals surface area contributed by atoms with Crippen molar-refractivity contribution in [2.75, 3.05) is 5.32 Å². The number of halogens is 1. The maximum Gasteiger partial charge on any atom is 0.332 e. The molecule has 3 rings (SSSR count). The molecule has 3 N–H and O–H groups in total. The van der Waals surface area contributed by atoms with Crippen LogP contribution in [-0.4, -0.2) is 25.9 Å². The van der Waals surface area contributed by atoms with Gasteiger partial charge in [0, 0.05) is 19.8 Å². The number of nitrogens with zero attached hydrogens (tertiary/aromatic N) is 3. The van der Waals surface area contributed by atoms with Crippen molar-refractivity contribution in [3.63, 3.8) is 0 Å². The Kier molecular flexibility index (Phi) is 4.54. The molecule has 2 amide bonds. The molecule has 0 atom stereocenters. The number of benzene rings is 1. The molecule has 0 spiro atoms. The van der Waals surface area contributed by atoms with E-state index in [0.717, 1.165) is 4.57 Å². The van der Waals surface area contributed by atoms with Gasteiger partial charge in [-0.25, -0.2) is 9.78 Å². The number of hydrogen-bond donors (Lipinski definition) is 2.